The quantitative estimate of drug-likeness (QED) is 0.882. The van der Waals surface area contributed by atoms with Gasteiger partial charge in [-0.05, 0) is 19.8 Å². The molecule has 0 bridgehead atoms. The van der Waals surface area contributed by atoms with Crippen molar-refractivity contribution in [2.45, 2.75) is 51.6 Å². The molecule has 0 amide bonds. The molecule has 20 heavy (non-hydrogen) atoms. The maximum Gasteiger partial charge on any atom is 0.149 e. The summed E-state index contributed by atoms with van der Waals surface area (Å²) in [6.07, 6.45) is 10.5. The number of pyridine rings is 1. The molecular weight excluding hydrogens is 248 g/mol. The van der Waals surface area contributed by atoms with Crippen molar-refractivity contribution in [3.63, 3.8) is 0 Å². The minimum atomic E-state index is 0.602. The van der Waals surface area contributed by atoms with E-state index in [1.54, 1.807) is 0 Å². The average molecular weight is 272 g/mol. The predicted molar refractivity (Wildman–Crippen MR) is 84.7 cm³/mol. The van der Waals surface area contributed by atoms with Crippen molar-refractivity contribution in [3.8, 4) is 0 Å². The number of hydrogen-bond acceptors (Lipinski definition) is 4. The lowest BCUT2D eigenvalue weighted by Gasteiger charge is -2.26. The fourth-order valence-corrected chi connectivity index (χ4v) is 3.25. The standard InChI is InChI=1S/C16H24N4/c1-3-12-10-17-16-14(11-18-20(16)4-2)15(12)19-13-8-6-5-7-9-13/h3,10,13,18H,1,4-9,11H2,2H3,(H,17,19). The Morgan fingerprint density at radius 1 is 1.45 bits per heavy atom. The highest BCUT2D eigenvalue weighted by Gasteiger charge is 2.25. The van der Waals surface area contributed by atoms with E-state index in [-0.39, 0.29) is 0 Å². The molecule has 4 nitrogen and oxygen atoms in total. The molecular formula is C16H24N4. The Morgan fingerprint density at radius 2 is 2.25 bits per heavy atom. The first-order chi connectivity index (χ1) is 9.83. The summed E-state index contributed by atoms with van der Waals surface area (Å²) >= 11 is 0. The van der Waals surface area contributed by atoms with E-state index >= 15 is 0 Å². The van der Waals surface area contributed by atoms with Crippen molar-refractivity contribution in [1.82, 2.24) is 10.4 Å². The van der Waals surface area contributed by atoms with Gasteiger partial charge in [0.05, 0.1) is 5.69 Å². The van der Waals surface area contributed by atoms with Crippen LogP contribution in [0.15, 0.2) is 12.8 Å². The molecule has 2 heterocycles. The summed E-state index contributed by atoms with van der Waals surface area (Å²) in [5.41, 5.74) is 7.04. The van der Waals surface area contributed by atoms with Crippen LogP contribution < -0.4 is 15.8 Å². The number of anilines is 2. The smallest absolute Gasteiger partial charge is 0.149 e. The second-order valence-electron chi connectivity index (χ2n) is 5.65. The molecule has 2 N–H and O–H groups in total. The second-order valence-corrected chi connectivity index (χ2v) is 5.65. The van der Waals surface area contributed by atoms with Gasteiger partial charge in [0.1, 0.15) is 5.82 Å². The lowest BCUT2D eigenvalue weighted by molar-refractivity contribution is 0.462. The summed E-state index contributed by atoms with van der Waals surface area (Å²) in [5, 5.41) is 5.89. The van der Waals surface area contributed by atoms with Crippen molar-refractivity contribution < 1.29 is 0 Å². The van der Waals surface area contributed by atoms with Gasteiger partial charge in [0, 0.05) is 36.5 Å². The Hall–Kier alpha value is -1.55. The first-order valence-corrected chi connectivity index (χ1v) is 7.75. The van der Waals surface area contributed by atoms with E-state index in [1.807, 2.05) is 12.3 Å². The summed E-state index contributed by atoms with van der Waals surface area (Å²) in [6.45, 7) is 7.85. The van der Waals surface area contributed by atoms with E-state index in [9.17, 15) is 0 Å². The lowest BCUT2D eigenvalue weighted by atomic mass is 9.94. The van der Waals surface area contributed by atoms with E-state index in [2.05, 4.69) is 34.2 Å². The first kappa shape index (κ1) is 13.4. The number of hydrazine groups is 1. The van der Waals surface area contributed by atoms with Crippen LogP contribution >= 0.6 is 0 Å². The van der Waals surface area contributed by atoms with E-state index in [0.29, 0.717) is 6.04 Å². The highest BCUT2D eigenvalue weighted by atomic mass is 15.5. The van der Waals surface area contributed by atoms with Crippen LogP contribution in [0.1, 0.15) is 50.2 Å². The van der Waals surface area contributed by atoms with Crippen molar-refractivity contribution >= 4 is 17.6 Å². The Labute approximate surface area is 121 Å². The Kier molecular flexibility index (Phi) is 3.92. The van der Waals surface area contributed by atoms with Gasteiger partial charge in [-0.2, -0.15) is 0 Å². The normalized spacial score (nSPS) is 18.9. The minimum absolute atomic E-state index is 0.602. The highest BCUT2D eigenvalue weighted by molar-refractivity contribution is 5.75. The third-order valence-corrected chi connectivity index (χ3v) is 4.38. The number of hydrogen-bond donors (Lipinski definition) is 2. The van der Waals surface area contributed by atoms with Crippen LogP contribution in [0.2, 0.25) is 0 Å². The molecule has 1 aromatic rings. The van der Waals surface area contributed by atoms with Crippen LogP contribution in [0.5, 0.6) is 0 Å². The molecule has 1 fully saturated rings. The molecule has 1 aromatic heterocycles. The van der Waals surface area contributed by atoms with Crippen LogP contribution in [0, 0.1) is 0 Å². The van der Waals surface area contributed by atoms with Gasteiger partial charge in [0.2, 0.25) is 0 Å². The molecule has 1 saturated carbocycles. The summed E-state index contributed by atoms with van der Waals surface area (Å²) in [5.74, 6) is 1.07. The van der Waals surface area contributed by atoms with Gasteiger partial charge in [-0.15, -0.1) is 0 Å². The van der Waals surface area contributed by atoms with Gasteiger partial charge in [0.25, 0.3) is 0 Å². The van der Waals surface area contributed by atoms with Crippen LogP contribution in [0.4, 0.5) is 11.5 Å². The van der Waals surface area contributed by atoms with Gasteiger partial charge in [0.15, 0.2) is 0 Å². The molecule has 0 saturated heterocycles. The van der Waals surface area contributed by atoms with Crippen LogP contribution in [0.25, 0.3) is 6.08 Å². The summed E-state index contributed by atoms with van der Waals surface area (Å²) in [4.78, 5) is 4.59. The number of fused-ring (bicyclic) bond motifs is 1. The summed E-state index contributed by atoms with van der Waals surface area (Å²) < 4.78 is 0. The van der Waals surface area contributed by atoms with Gasteiger partial charge in [-0.1, -0.05) is 31.9 Å². The number of nitrogens with zero attached hydrogens (tertiary/aromatic N) is 2. The zero-order valence-corrected chi connectivity index (χ0v) is 12.3. The molecule has 0 radical (unpaired) electrons. The van der Waals surface area contributed by atoms with E-state index in [4.69, 9.17) is 0 Å². The van der Waals surface area contributed by atoms with Crippen LogP contribution in [-0.2, 0) is 6.54 Å². The van der Waals surface area contributed by atoms with Gasteiger partial charge in [-0.25, -0.2) is 10.4 Å². The molecule has 1 aliphatic heterocycles. The van der Waals surface area contributed by atoms with Gasteiger partial charge in [-0.3, -0.25) is 5.01 Å². The predicted octanol–water partition coefficient (Wildman–Crippen LogP) is 3.31. The van der Waals surface area contributed by atoms with Crippen molar-refractivity contribution in [2.75, 3.05) is 16.9 Å². The molecule has 108 valence electrons. The second kappa shape index (κ2) is 5.83. The largest absolute Gasteiger partial charge is 0.381 e. The first-order valence-electron chi connectivity index (χ1n) is 7.75. The lowest BCUT2D eigenvalue weighted by Crippen LogP contribution is -2.31. The van der Waals surface area contributed by atoms with Gasteiger partial charge >= 0.3 is 0 Å². The Morgan fingerprint density at radius 3 is 2.95 bits per heavy atom. The maximum absolute atomic E-state index is 4.59. The summed E-state index contributed by atoms with van der Waals surface area (Å²) in [6, 6.07) is 0.602. The average Bonchev–Trinajstić information content (AvgIpc) is 2.92. The van der Waals surface area contributed by atoms with E-state index in [0.717, 1.165) is 24.5 Å². The monoisotopic (exact) mass is 272 g/mol. The SMILES string of the molecule is C=Cc1cnc2c(c1NC1CCCCC1)CNN2CC. The summed E-state index contributed by atoms with van der Waals surface area (Å²) in [7, 11) is 0. The van der Waals surface area contributed by atoms with Crippen LogP contribution in [-0.4, -0.2) is 17.6 Å². The minimum Gasteiger partial charge on any atom is -0.381 e. The topological polar surface area (TPSA) is 40.2 Å². The third-order valence-electron chi connectivity index (χ3n) is 4.38. The Bertz CT molecular complexity index is 491. The molecule has 1 aliphatic carbocycles. The molecule has 2 aliphatic rings. The zero-order valence-electron chi connectivity index (χ0n) is 12.3. The fourth-order valence-electron chi connectivity index (χ4n) is 3.25. The number of aromatic nitrogens is 1. The molecule has 3 rings (SSSR count). The van der Waals surface area contributed by atoms with E-state index < -0.39 is 0 Å². The maximum atomic E-state index is 4.59. The molecule has 0 atom stereocenters. The molecule has 4 heteroatoms. The molecule has 0 unspecified atom stereocenters. The number of nitrogens with one attached hydrogen (secondary N) is 2. The highest BCUT2D eigenvalue weighted by Crippen LogP contribution is 2.34. The van der Waals surface area contributed by atoms with Crippen molar-refractivity contribution in [1.29, 1.82) is 0 Å². The number of rotatable bonds is 4. The molecule has 0 aromatic carbocycles. The van der Waals surface area contributed by atoms with Crippen molar-refractivity contribution in [2.24, 2.45) is 0 Å². The fraction of sp³-hybridized carbons (Fsp3) is 0.562. The van der Waals surface area contributed by atoms with Crippen molar-refractivity contribution in [3.05, 3.63) is 23.9 Å². The third kappa shape index (κ3) is 2.40. The Balaban J connectivity index is 1.91. The zero-order chi connectivity index (χ0) is 13.9. The van der Waals surface area contributed by atoms with Crippen LogP contribution in [0.3, 0.4) is 0 Å². The van der Waals surface area contributed by atoms with E-state index in [1.165, 1.54) is 43.4 Å². The molecule has 0 spiro atoms. The van der Waals surface area contributed by atoms with Gasteiger partial charge < -0.3 is 5.32 Å².